The zero-order valence-corrected chi connectivity index (χ0v) is 7.76. The van der Waals surface area contributed by atoms with Gasteiger partial charge in [-0.3, -0.25) is 10.5 Å². The molecule has 0 aliphatic carbocycles. The third-order valence-corrected chi connectivity index (χ3v) is 1.38. The quantitative estimate of drug-likeness (QED) is 0.622. The minimum absolute atomic E-state index is 0.254. The van der Waals surface area contributed by atoms with E-state index in [9.17, 15) is 9.59 Å². The molecule has 75 valence electrons. The van der Waals surface area contributed by atoms with Crippen LogP contribution in [0.1, 0.15) is 26.2 Å². The van der Waals surface area contributed by atoms with Crippen LogP contribution in [-0.2, 0) is 9.53 Å². The van der Waals surface area contributed by atoms with Crippen LogP contribution >= 0.6 is 0 Å². The van der Waals surface area contributed by atoms with Gasteiger partial charge in [-0.2, -0.15) is 0 Å². The summed E-state index contributed by atoms with van der Waals surface area (Å²) >= 11 is 0. The lowest BCUT2D eigenvalue weighted by atomic mass is 10.2. The first kappa shape index (κ1) is 11.7. The van der Waals surface area contributed by atoms with Crippen molar-refractivity contribution < 1.29 is 14.3 Å². The molecule has 0 saturated heterocycles. The van der Waals surface area contributed by atoms with E-state index < -0.39 is 12.0 Å². The topological polar surface area (TPSA) is 79.2 Å². The molecule has 13 heavy (non-hydrogen) atoms. The van der Waals surface area contributed by atoms with E-state index in [1.165, 1.54) is 0 Å². The summed E-state index contributed by atoms with van der Waals surface area (Å²) in [6, 6.07) is 0. The molecule has 0 aromatic carbocycles. The summed E-state index contributed by atoms with van der Waals surface area (Å²) in [5, 5.41) is 2.52. The number of amides is 2. The van der Waals surface area contributed by atoms with Crippen LogP contribution in [0, 0.1) is 0 Å². The van der Waals surface area contributed by atoms with Gasteiger partial charge < -0.3 is 10.1 Å². The minimum atomic E-state index is -0.559. The summed E-state index contributed by atoms with van der Waals surface area (Å²) in [6.07, 6.45) is 1.16. The standard InChI is InChI=1S/C8H15N2O3/c1-2-13-8(12)10-6-4-3-5-7(9)11/h9H,2-6H2,1H3,(H,10,12). The molecule has 0 unspecified atom stereocenters. The predicted octanol–water partition coefficient (Wildman–Crippen LogP) is 0.712. The Kier molecular flexibility index (Phi) is 6.68. The Labute approximate surface area is 77.6 Å². The molecule has 5 heteroatoms. The van der Waals surface area contributed by atoms with Gasteiger partial charge in [-0.1, -0.05) is 0 Å². The van der Waals surface area contributed by atoms with Gasteiger partial charge in [0.05, 0.1) is 6.61 Å². The first-order valence-electron chi connectivity index (χ1n) is 4.32. The first-order valence-corrected chi connectivity index (χ1v) is 4.32. The summed E-state index contributed by atoms with van der Waals surface area (Å²) in [7, 11) is 0. The molecule has 2 N–H and O–H groups in total. The van der Waals surface area contributed by atoms with Crippen LogP contribution in [-0.4, -0.2) is 25.2 Å². The Morgan fingerprint density at radius 2 is 2.08 bits per heavy atom. The van der Waals surface area contributed by atoms with Gasteiger partial charge in [0.2, 0.25) is 5.91 Å². The second kappa shape index (κ2) is 7.39. The molecular formula is C8H15N2O3. The zero-order valence-electron chi connectivity index (χ0n) is 7.76. The van der Waals surface area contributed by atoms with Gasteiger partial charge in [0, 0.05) is 13.0 Å². The van der Waals surface area contributed by atoms with Gasteiger partial charge in [0.1, 0.15) is 0 Å². The smallest absolute Gasteiger partial charge is 0.407 e. The van der Waals surface area contributed by atoms with Crippen molar-refractivity contribution in [2.24, 2.45) is 0 Å². The largest absolute Gasteiger partial charge is 0.450 e. The van der Waals surface area contributed by atoms with E-state index in [0.717, 1.165) is 0 Å². The van der Waals surface area contributed by atoms with Crippen LogP contribution in [0.5, 0.6) is 0 Å². The Hall–Kier alpha value is -1.26. The molecular weight excluding hydrogens is 172 g/mol. The number of alkyl carbamates (subject to hydrolysis) is 1. The summed E-state index contributed by atoms with van der Waals surface area (Å²) in [6.45, 7) is 2.58. The van der Waals surface area contributed by atoms with Crippen LogP contribution in [0.4, 0.5) is 4.79 Å². The molecule has 0 saturated carbocycles. The maximum absolute atomic E-state index is 10.7. The molecule has 1 radical (unpaired) electrons. The normalized spacial score (nSPS) is 9.31. The highest BCUT2D eigenvalue weighted by molar-refractivity contribution is 5.72. The number of nitrogens with one attached hydrogen (secondary N) is 2. The molecule has 0 aliphatic heterocycles. The summed E-state index contributed by atoms with van der Waals surface area (Å²) in [4.78, 5) is 20.9. The predicted molar refractivity (Wildman–Crippen MR) is 47.0 cm³/mol. The number of carbonyl (C=O) groups excluding carboxylic acids is 2. The van der Waals surface area contributed by atoms with Crippen molar-refractivity contribution in [2.45, 2.75) is 26.2 Å². The van der Waals surface area contributed by atoms with Gasteiger partial charge in [-0.15, -0.1) is 0 Å². The highest BCUT2D eigenvalue weighted by Crippen LogP contribution is 1.93. The van der Waals surface area contributed by atoms with Crippen molar-refractivity contribution in [2.75, 3.05) is 13.2 Å². The van der Waals surface area contributed by atoms with Crippen molar-refractivity contribution in [3.05, 3.63) is 0 Å². The van der Waals surface area contributed by atoms with Crippen LogP contribution in [0.3, 0.4) is 0 Å². The molecule has 0 aliphatic rings. The lowest BCUT2D eigenvalue weighted by Gasteiger charge is -2.03. The molecule has 0 atom stereocenters. The minimum Gasteiger partial charge on any atom is -0.450 e. The molecule has 0 spiro atoms. The lowest BCUT2D eigenvalue weighted by Crippen LogP contribution is -2.25. The van der Waals surface area contributed by atoms with E-state index in [-0.39, 0.29) is 6.42 Å². The number of ether oxygens (including phenoxy) is 1. The van der Waals surface area contributed by atoms with Gasteiger partial charge >= 0.3 is 6.09 Å². The van der Waals surface area contributed by atoms with Gasteiger partial charge in [0.15, 0.2) is 0 Å². The van der Waals surface area contributed by atoms with Crippen LogP contribution < -0.4 is 11.1 Å². The maximum atomic E-state index is 10.7. The number of hydrogen-bond donors (Lipinski definition) is 1. The van der Waals surface area contributed by atoms with E-state index in [2.05, 4.69) is 10.1 Å². The average Bonchev–Trinajstić information content (AvgIpc) is 2.03. The van der Waals surface area contributed by atoms with Gasteiger partial charge in [0.25, 0.3) is 0 Å². The van der Waals surface area contributed by atoms with Gasteiger partial charge in [-0.05, 0) is 19.8 Å². The Bertz CT molecular complexity index is 171. The van der Waals surface area contributed by atoms with Crippen molar-refractivity contribution in [3.8, 4) is 0 Å². The van der Waals surface area contributed by atoms with Crippen molar-refractivity contribution in [3.63, 3.8) is 0 Å². The first-order chi connectivity index (χ1) is 6.16. The fraction of sp³-hybridized carbons (Fsp3) is 0.750. The van der Waals surface area contributed by atoms with Crippen LogP contribution in [0.2, 0.25) is 0 Å². The Morgan fingerprint density at radius 1 is 1.38 bits per heavy atom. The maximum Gasteiger partial charge on any atom is 0.407 e. The molecule has 0 rings (SSSR count). The Balaban J connectivity index is 3.16. The van der Waals surface area contributed by atoms with E-state index in [1.54, 1.807) is 6.92 Å². The highest BCUT2D eigenvalue weighted by atomic mass is 16.5. The van der Waals surface area contributed by atoms with E-state index in [0.29, 0.717) is 26.0 Å². The van der Waals surface area contributed by atoms with Crippen molar-refractivity contribution in [1.29, 1.82) is 0 Å². The van der Waals surface area contributed by atoms with Gasteiger partial charge in [-0.25, -0.2) is 4.79 Å². The Morgan fingerprint density at radius 3 is 2.62 bits per heavy atom. The molecule has 0 aromatic rings. The third-order valence-electron chi connectivity index (χ3n) is 1.38. The summed E-state index contributed by atoms with van der Waals surface area (Å²) < 4.78 is 4.62. The average molecular weight is 187 g/mol. The SMILES string of the molecule is CCOC(=O)NCCCCC([NH])=O. The highest BCUT2D eigenvalue weighted by Gasteiger charge is 1.99. The fourth-order valence-corrected chi connectivity index (χ4v) is 0.783. The second-order valence-electron chi connectivity index (χ2n) is 2.53. The van der Waals surface area contributed by atoms with E-state index in [4.69, 9.17) is 5.73 Å². The molecule has 0 bridgehead atoms. The third kappa shape index (κ3) is 8.65. The molecule has 0 heterocycles. The van der Waals surface area contributed by atoms with E-state index >= 15 is 0 Å². The molecule has 0 aromatic heterocycles. The summed E-state index contributed by atoms with van der Waals surface area (Å²) in [5.74, 6) is -0.559. The monoisotopic (exact) mass is 187 g/mol. The number of rotatable bonds is 6. The van der Waals surface area contributed by atoms with Crippen molar-refractivity contribution in [1.82, 2.24) is 11.1 Å². The number of unbranched alkanes of at least 4 members (excludes halogenated alkanes) is 1. The van der Waals surface area contributed by atoms with Crippen LogP contribution in [0.25, 0.3) is 0 Å². The van der Waals surface area contributed by atoms with Crippen LogP contribution in [0.15, 0.2) is 0 Å². The number of hydrogen-bond acceptors (Lipinski definition) is 3. The zero-order chi connectivity index (χ0) is 10.1. The summed E-state index contributed by atoms with van der Waals surface area (Å²) in [5.41, 5.74) is 6.61. The molecule has 5 nitrogen and oxygen atoms in total. The van der Waals surface area contributed by atoms with E-state index in [1.807, 2.05) is 0 Å². The lowest BCUT2D eigenvalue weighted by molar-refractivity contribution is -0.118. The molecule has 2 amide bonds. The number of carbonyl (C=O) groups is 2. The second-order valence-corrected chi connectivity index (χ2v) is 2.53. The van der Waals surface area contributed by atoms with Crippen molar-refractivity contribution >= 4 is 12.0 Å². The molecule has 0 fully saturated rings. The fourth-order valence-electron chi connectivity index (χ4n) is 0.783.